The van der Waals surface area contributed by atoms with Crippen molar-refractivity contribution >= 4 is 11.9 Å². The standard InChI is InChI=1S/C15H29N3O6/c1-10(13(19)20)16-4-6-17(11(2)14(21)22)8-9-18(7-5-16)12(3)15(23)24/h10-13,19-20H,4-9H2,1-3H3,(H,21,22)(H,23,24). The summed E-state index contributed by atoms with van der Waals surface area (Å²) in [6.07, 6.45) is -1.51. The minimum Gasteiger partial charge on any atom is -0.480 e. The van der Waals surface area contributed by atoms with E-state index in [1.54, 1.807) is 30.6 Å². The van der Waals surface area contributed by atoms with E-state index >= 15 is 0 Å². The third-order valence-electron chi connectivity index (χ3n) is 4.84. The Balaban J connectivity index is 2.94. The molecule has 4 N–H and O–H groups in total. The summed E-state index contributed by atoms with van der Waals surface area (Å²) < 4.78 is 0. The molecule has 1 aliphatic heterocycles. The van der Waals surface area contributed by atoms with E-state index in [0.29, 0.717) is 39.3 Å². The maximum atomic E-state index is 11.3. The number of carboxylic acid groups (broad SMARTS) is 2. The predicted octanol–water partition coefficient (Wildman–Crippen LogP) is -1.45. The fourth-order valence-electron chi connectivity index (χ4n) is 2.79. The summed E-state index contributed by atoms with van der Waals surface area (Å²) in [4.78, 5) is 28.0. The first-order chi connectivity index (χ1) is 11.1. The van der Waals surface area contributed by atoms with Gasteiger partial charge in [-0.2, -0.15) is 0 Å². The molecule has 9 nitrogen and oxygen atoms in total. The molecule has 1 aliphatic rings. The van der Waals surface area contributed by atoms with E-state index in [9.17, 15) is 30.0 Å². The Labute approximate surface area is 142 Å². The van der Waals surface area contributed by atoms with Gasteiger partial charge in [0.05, 0.1) is 6.04 Å². The van der Waals surface area contributed by atoms with Crippen molar-refractivity contribution in [3.05, 3.63) is 0 Å². The monoisotopic (exact) mass is 347 g/mol. The first-order valence-corrected chi connectivity index (χ1v) is 8.19. The molecule has 0 bridgehead atoms. The Morgan fingerprint density at radius 1 is 0.708 bits per heavy atom. The van der Waals surface area contributed by atoms with Crippen molar-refractivity contribution in [1.82, 2.24) is 14.7 Å². The molecule has 0 aromatic carbocycles. The van der Waals surface area contributed by atoms with Crippen molar-refractivity contribution in [2.75, 3.05) is 39.3 Å². The Morgan fingerprint density at radius 2 is 1.00 bits per heavy atom. The lowest BCUT2D eigenvalue weighted by molar-refractivity contribution is -0.144. The molecule has 1 fully saturated rings. The van der Waals surface area contributed by atoms with E-state index in [2.05, 4.69) is 0 Å². The maximum absolute atomic E-state index is 11.3. The first kappa shape index (κ1) is 20.8. The van der Waals surface area contributed by atoms with Crippen LogP contribution in [0.1, 0.15) is 20.8 Å². The van der Waals surface area contributed by atoms with Gasteiger partial charge >= 0.3 is 11.9 Å². The zero-order chi connectivity index (χ0) is 18.4. The Kier molecular flexibility index (Phi) is 8.04. The lowest BCUT2D eigenvalue weighted by Crippen LogP contribution is -2.48. The predicted molar refractivity (Wildman–Crippen MR) is 86.6 cm³/mol. The summed E-state index contributed by atoms with van der Waals surface area (Å²) in [5.74, 6) is -1.87. The molecule has 24 heavy (non-hydrogen) atoms. The number of rotatable bonds is 6. The van der Waals surface area contributed by atoms with Gasteiger partial charge in [0.1, 0.15) is 12.1 Å². The van der Waals surface area contributed by atoms with Gasteiger partial charge in [0.2, 0.25) is 0 Å². The minimum atomic E-state index is -1.51. The van der Waals surface area contributed by atoms with Crippen molar-refractivity contribution < 1.29 is 30.0 Å². The third-order valence-corrected chi connectivity index (χ3v) is 4.84. The van der Waals surface area contributed by atoms with Crippen LogP contribution in [0, 0.1) is 0 Å². The molecule has 3 atom stereocenters. The number of hydrogen-bond acceptors (Lipinski definition) is 7. The summed E-state index contributed by atoms with van der Waals surface area (Å²) in [5.41, 5.74) is 0. The maximum Gasteiger partial charge on any atom is 0.320 e. The fraction of sp³-hybridized carbons (Fsp3) is 0.867. The largest absolute Gasteiger partial charge is 0.480 e. The van der Waals surface area contributed by atoms with Crippen molar-refractivity contribution in [3.63, 3.8) is 0 Å². The summed E-state index contributed by atoms with van der Waals surface area (Å²) in [7, 11) is 0. The van der Waals surface area contributed by atoms with Crippen LogP contribution in [0.2, 0.25) is 0 Å². The first-order valence-electron chi connectivity index (χ1n) is 8.19. The van der Waals surface area contributed by atoms with Crippen LogP contribution < -0.4 is 0 Å². The summed E-state index contributed by atoms with van der Waals surface area (Å²) >= 11 is 0. The fourth-order valence-corrected chi connectivity index (χ4v) is 2.79. The SMILES string of the molecule is CC(C(=O)O)N1CCN(C(C)C(=O)O)CCN(C(C)C(O)O)CC1. The van der Waals surface area contributed by atoms with Gasteiger partial charge in [-0.05, 0) is 20.8 Å². The minimum absolute atomic E-state index is 0.439. The van der Waals surface area contributed by atoms with E-state index < -0.39 is 36.4 Å². The van der Waals surface area contributed by atoms with Gasteiger partial charge in [-0.3, -0.25) is 24.3 Å². The molecule has 0 radical (unpaired) electrons. The number of carbonyl (C=O) groups is 2. The molecule has 140 valence electrons. The number of hydrogen-bond donors (Lipinski definition) is 4. The highest BCUT2D eigenvalue weighted by Crippen LogP contribution is 2.11. The summed E-state index contributed by atoms with van der Waals surface area (Å²) in [6, 6.07) is -1.91. The summed E-state index contributed by atoms with van der Waals surface area (Å²) in [5, 5.41) is 37.4. The van der Waals surface area contributed by atoms with Crippen LogP contribution in [0.4, 0.5) is 0 Å². The zero-order valence-electron chi connectivity index (χ0n) is 14.5. The third kappa shape index (κ3) is 5.67. The second-order valence-corrected chi connectivity index (χ2v) is 6.29. The molecule has 0 amide bonds. The van der Waals surface area contributed by atoms with E-state index in [0.717, 1.165) is 0 Å². The van der Waals surface area contributed by atoms with Crippen LogP contribution in [0.25, 0.3) is 0 Å². The molecule has 0 saturated carbocycles. The zero-order valence-corrected chi connectivity index (χ0v) is 14.5. The highest BCUT2D eigenvalue weighted by molar-refractivity contribution is 5.73. The second kappa shape index (κ2) is 9.28. The normalized spacial score (nSPS) is 23.1. The Bertz CT molecular complexity index is 401. The highest BCUT2D eigenvalue weighted by Gasteiger charge is 2.29. The van der Waals surface area contributed by atoms with Crippen molar-refractivity contribution in [1.29, 1.82) is 0 Å². The van der Waals surface area contributed by atoms with Crippen molar-refractivity contribution in [2.45, 2.75) is 45.2 Å². The van der Waals surface area contributed by atoms with Crippen LogP contribution in [-0.4, -0.2) is 111 Å². The van der Waals surface area contributed by atoms with Crippen LogP contribution in [-0.2, 0) is 9.59 Å². The van der Waals surface area contributed by atoms with Crippen LogP contribution >= 0.6 is 0 Å². The number of carboxylic acids is 2. The topological polar surface area (TPSA) is 125 Å². The van der Waals surface area contributed by atoms with Crippen LogP contribution in [0.5, 0.6) is 0 Å². The lowest BCUT2D eigenvalue weighted by atomic mass is 10.2. The quantitative estimate of drug-likeness (QED) is 0.427. The second-order valence-electron chi connectivity index (χ2n) is 6.29. The van der Waals surface area contributed by atoms with Crippen molar-refractivity contribution in [2.24, 2.45) is 0 Å². The van der Waals surface area contributed by atoms with Crippen LogP contribution in [0.3, 0.4) is 0 Å². The smallest absolute Gasteiger partial charge is 0.320 e. The lowest BCUT2D eigenvalue weighted by Gasteiger charge is -2.32. The Hall–Kier alpha value is -1.26. The molecule has 0 aromatic heterocycles. The van der Waals surface area contributed by atoms with Gasteiger partial charge < -0.3 is 20.4 Å². The molecule has 3 unspecified atom stereocenters. The van der Waals surface area contributed by atoms with E-state index in [1.165, 1.54) is 0 Å². The van der Waals surface area contributed by atoms with E-state index in [4.69, 9.17) is 0 Å². The Morgan fingerprint density at radius 3 is 1.25 bits per heavy atom. The van der Waals surface area contributed by atoms with Crippen LogP contribution in [0.15, 0.2) is 0 Å². The molecule has 0 aliphatic carbocycles. The number of aliphatic carboxylic acids is 2. The highest BCUT2D eigenvalue weighted by atomic mass is 16.5. The summed E-state index contributed by atoms with van der Waals surface area (Å²) in [6.45, 7) is 7.62. The van der Waals surface area contributed by atoms with Gasteiger partial charge in [0, 0.05) is 39.3 Å². The van der Waals surface area contributed by atoms with Gasteiger partial charge in [-0.25, -0.2) is 0 Å². The molecule has 0 aromatic rings. The number of aliphatic hydroxyl groups is 2. The molecule has 9 heteroatoms. The average molecular weight is 347 g/mol. The van der Waals surface area contributed by atoms with Gasteiger partial charge in [-0.15, -0.1) is 0 Å². The molecule has 1 heterocycles. The number of nitrogens with zero attached hydrogens (tertiary/aromatic N) is 3. The van der Waals surface area contributed by atoms with E-state index in [1.807, 2.05) is 4.90 Å². The van der Waals surface area contributed by atoms with Gasteiger partial charge in [0.15, 0.2) is 6.29 Å². The number of aliphatic hydroxyl groups excluding tert-OH is 1. The molecular formula is C15H29N3O6. The van der Waals surface area contributed by atoms with Crippen molar-refractivity contribution in [3.8, 4) is 0 Å². The average Bonchev–Trinajstić information content (AvgIpc) is 2.62. The molecule has 0 spiro atoms. The molecule has 1 saturated heterocycles. The molecule has 1 rings (SSSR count). The van der Waals surface area contributed by atoms with Gasteiger partial charge in [-0.1, -0.05) is 0 Å². The van der Waals surface area contributed by atoms with Gasteiger partial charge in [0.25, 0.3) is 0 Å². The molecular weight excluding hydrogens is 318 g/mol. The van der Waals surface area contributed by atoms with E-state index in [-0.39, 0.29) is 0 Å².